The van der Waals surface area contributed by atoms with Crippen molar-refractivity contribution in [3.63, 3.8) is 0 Å². The van der Waals surface area contributed by atoms with E-state index >= 15 is 0 Å². The van der Waals surface area contributed by atoms with Crippen LogP contribution in [0.3, 0.4) is 0 Å². The van der Waals surface area contributed by atoms with E-state index in [2.05, 4.69) is 35.2 Å². The zero-order chi connectivity index (χ0) is 12.2. The molecule has 2 aliphatic rings. The van der Waals surface area contributed by atoms with Crippen LogP contribution in [0.15, 0.2) is 30.3 Å². The van der Waals surface area contributed by atoms with Crippen molar-refractivity contribution >= 4 is 0 Å². The van der Waals surface area contributed by atoms with Gasteiger partial charge in [-0.25, -0.2) is 0 Å². The number of hydrogen-bond acceptors (Lipinski definition) is 1. The van der Waals surface area contributed by atoms with Crippen molar-refractivity contribution in [3.05, 3.63) is 35.9 Å². The standard InChI is InChI=1S/C17H25N/c1-3-9-15(10-4-1)16-11-5-6-12-17(16)18-13-7-2-8-14-18/h1,3-4,9-10,16-17H,2,5-8,11-14H2. The fourth-order valence-electron chi connectivity index (χ4n) is 3.89. The second kappa shape index (κ2) is 5.88. The zero-order valence-electron chi connectivity index (χ0n) is 11.4. The van der Waals surface area contributed by atoms with Gasteiger partial charge in [-0.15, -0.1) is 0 Å². The maximum Gasteiger partial charge on any atom is 0.0164 e. The van der Waals surface area contributed by atoms with Gasteiger partial charge in [0.25, 0.3) is 0 Å². The van der Waals surface area contributed by atoms with Crippen LogP contribution in [-0.4, -0.2) is 24.0 Å². The lowest BCUT2D eigenvalue weighted by molar-refractivity contribution is 0.113. The van der Waals surface area contributed by atoms with E-state index in [0.29, 0.717) is 0 Å². The third-order valence-electron chi connectivity index (χ3n) is 4.82. The molecule has 0 N–H and O–H groups in total. The Bertz CT molecular complexity index is 353. The number of likely N-dealkylation sites (tertiary alicyclic amines) is 1. The summed E-state index contributed by atoms with van der Waals surface area (Å²) in [5.74, 6) is 0.790. The van der Waals surface area contributed by atoms with Gasteiger partial charge in [0, 0.05) is 6.04 Å². The molecule has 2 unspecified atom stereocenters. The van der Waals surface area contributed by atoms with Crippen molar-refractivity contribution in [2.45, 2.75) is 56.9 Å². The molecule has 0 spiro atoms. The van der Waals surface area contributed by atoms with Crippen molar-refractivity contribution < 1.29 is 0 Å². The molecule has 3 rings (SSSR count). The maximum absolute atomic E-state index is 2.79. The fraction of sp³-hybridized carbons (Fsp3) is 0.647. The number of benzene rings is 1. The molecule has 1 nitrogen and oxygen atoms in total. The molecule has 1 aliphatic carbocycles. The summed E-state index contributed by atoms with van der Waals surface area (Å²) in [5, 5.41) is 0. The lowest BCUT2D eigenvalue weighted by Gasteiger charge is -2.42. The van der Waals surface area contributed by atoms with Gasteiger partial charge in [-0.05, 0) is 50.3 Å². The lowest BCUT2D eigenvalue weighted by atomic mass is 9.78. The molecule has 0 radical (unpaired) electrons. The summed E-state index contributed by atoms with van der Waals surface area (Å²) in [6.45, 7) is 2.68. The van der Waals surface area contributed by atoms with Crippen LogP contribution in [0, 0.1) is 0 Å². The number of nitrogens with zero attached hydrogens (tertiary/aromatic N) is 1. The summed E-state index contributed by atoms with van der Waals surface area (Å²) < 4.78 is 0. The maximum atomic E-state index is 2.79. The molecule has 0 amide bonds. The Morgan fingerprint density at radius 1 is 0.778 bits per heavy atom. The predicted octanol–water partition coefficient (Wildman–Crippen LogP) is 4.20. The Kier molecular flexibility index (Phi) is 3.99. The molecule has 0 bridgehead atoms. The van der Waals surface area contributed by atoms with Crippen molar-refractivity contribution in [3.8, 4) is 0 Å². The summed E-state index contributed by atoms with van der Waals surface area (Å²) in [4.78, 5) is 2.79. The number of piperidine rings is 1. The fourth-order valence-corrected chi connectivity index (χ4v) is 3.89. The van der Waals surface area contributed by atoms with Gasteiger partial charge in [0.2, 0.25) is 0 Å². The molecule has 1 saturated heterocycles. The van der Waals surface area contributed by atoms with Gasteiger partial charge in [-0.1, -0.05) is 49.6 Å². The topological polar surface area (TPSA) is 3.24 Å². The highest BCUT2D eigenvalue weighted by Crippen LogP contribution is 2.37. The van der Waals surface area contributed by atoms with Crippen molar-refractivity contribution in [2.75, 3.05) is 13.1 Å². The van der Waals surface area contributed by atoms with E-state index in [9.17, 15) is 0 Å². The molecular formula is C17H25N. The Balaban J connectivity index is 1.77. The highest BCUT2D eigenvalue weighted by molar-refractivity contribution is 5.22. The number of rotatable bonds is 2. The minimum Gasteiger partial charge on any atom is -0.300 e. The molecule has 1 heterocycles. The van der Waals surface area contributed by atoms with Crippen LogP contribution < -0.4 is 0 Å². The Morgan fingerprint density at radius 3 is 2.28 bits per heavy atom. The third-order valence-corrected chi connectivity index (χ3v) is 4.82. The van der Waals surface area contributed by atoms with Crippen LogP contribution >= 0.6 is 0 Å². The van der Waals surface area contributed by atoms with Crippen molar-refractivity contribution in [1.29, 1.82) is 0 Å². The summed E-state index contributed by atoms with van der Waals surface area (Å²) in [6.07, 6.45) is 9.94. The minimum atomic E-state index is 0.790. The van der Waals surface area contributed by atoms with Gasteiger partial charge in [-0.3, -0.25) is 4.90 Å². The third kappa shape index (κ3) is 2.61. The van der Waals surface area contributed by atoms with Gasteiger partial charge in [0.15, 0.2) is 0 Å². The monoisotopic (exact) mass is 243 g/mol. The zero-order valence-corrected chi connectivity index (χ0v) is 11.4. The molecule has 2 atom stereocenters. The van der Waals surface area contributed by atoms with E-state index in [1.165, 1.54) is 58.0 Å². The highest BCUT2D eigenvalue weighted by atomic mass is 15.2. The Morgan fingerprint density at radius 2 is 1.50 bits per heavy atom. The first kappa shape index (κ1) is 12.2. The first-order valence-electron chi connectivity index (χ1n) is 7.74. The molecule has 1 aliphatic heterocycles. The molecule has 0 aromatic heterocycles. The average Bonchev–Trinajstić information content (AvgIpc) is 2.49. The van der Waals surface area contributed by atoms with Crippen molar-refractivity contribution in [1.82, 2.24) is 4.90 Å². The predicted molar refractivity (Wildman–Crippen MR) is 76.9 cm³/mol. The molecule has 18 heavy (non-hydrogen) atoms. The molecule has 98 valence electrons. The first-order chi connectivity index (χ1) is 8.95. The van der Waals surface area contributed by atoms with Gasteiger partial charge >= 0.3 is 0 Å². The smallest absolute Gasteiger partial charge is 0.0164 e. The largest absolute Gasteiger partial charge is 0.300 e. The van der Waals surface area contributed by atoms with Crippen LogP contribution in [0.1, 0.15) is 56.4 Å². The van der Waals surface area contributed by atoms with Crippen LogP contribution in [0.4, 0.5) is 0 Å². The Hall–Kier alpha value is -0.820. The van der Waals surface area contributed by atoms with E-state index < -0.39 is 0 Å². The quantitative estimate of drug-likeness (QED) is 0.752. The molecular weight excluding hydrogens is 218 g/mol. The summed E-state index contributed by atoms with van der Waals surface area (Å²) in [5.41, 5.74) is 1.58. The van der Waals surface area contributed by atoms with Gasteiger partial charge in [0.05, 0.1) is 0 Å². The average molecular weight is 243 g/mol. The van der Waals surface area contributed by atoms with Crippen LogP contribution in [-0.2, 0) is 0 Å². The minimum absolute atomic E-state index is 0.790. The van der Waals surface area contributed by atoms with E-state index in [0.717, 1.165) is 12.0 Å². The van der Waals surface area contributed by atoms with E-state index in [-0.39, 0.29) is 0 Å². The normalized spacial score (nSPS) is 30.2. The summed E-state index contributed by atoms with van der Waals surface area (Å²) in [6, 6.07) is 12.1. The lowest BCUT2D eigenvalue weighted by Crippen LogP contribution is -2.44. The SMILES string of the molecule is c1ccc(C2CCCCC2N2CCCCC2)cc1. The van der Waals surface area contributed by atoms with Crippen LogP contribution in [0.2, 0.25) is 0 Å². The molecule has 1 aromatic rings. The number of hydrogen-bond donors (Lipinski definition) is 0. The Labute approximate surface area is 111 Å². The second-order valence-electron chi connectivity index (χ2n) is 5.97. The molecule has 2 fully saturated rings. The molecule has 1 heteroatoms. The summed E-state index contributed by atoms with van der Waals surface area (Å²) >= 11 is 0. The highest BCUT2D eigenvalue weighted by Gasteiger charge is 2.31. The first-order valence-corrected chi connectivity index (χ1v) is 7.74. The molecule has 1 aromatic carbocycles. The molecule has 1 saturated carbocycles. The van der Waals surface area contributed by atoms with Crippen molar-refractivity contribution in [2.24, 2.45) is 0 Å². The summed E-state index contributed by atoms with van der Waals surface area (Å²) in [7, 11) is 0. The van der Waals surface area contributed by atoms with Crippen LogP contribution in [0.25, 0.3) is 0 Å². The van der Waals surface area contributed by atoms with Gasteiger partial charge in [-0.2, -0.15) is 0 Å². The van der Waals surface area contributed by atoms with Gasteiger partial charge < -0.3 is 0 Å². The van der Waals surface area contributed by atoms with E-state index in [4.69, 9.17) is 0 Å². The van der Waals surface area contributed by atoms with E-state index in [1.807, 2.05) is 0 Å². The van der Waals surface area contributed by atoms with Crippen LogP contribution in [0.5, 0.6) is 0 Å². The van der Waals surface area contributed by atoms with E-state index in [1.54, 1.807) is 5.56 Å². The van der Waals surface area contributed by atoms with Gasteiger partial charge in [0.1, 0.15) is 0 Å². The second-order valence-corrected chi connectivity index (χ2v) is 5.97.